The third kappa shape index (κ3) is 26.9. The van der Waals surface area contributed by atoms with Crippen LogP contribution in [0.3, 0.4) is 0 Å². The Hall–Kier alpha value is -13.2. The minimum Gasteiger partial charge on any atom is -0.444 e. The van der Waals surface area contributed by atoms with Gasteiger partial charge in [-0.15, -0.1) is 24.8 Å². The number of carbonyl (C=O) groups is 2. The molecular formula is C109H143BCl2N26O10S2. The predicted molar refractivity (Wildman–Crippen MR) is 603 cm³/mol. The average molecular weight is 2120 g/mol. The number of amides is 2. The lowest BCUT2D eigenvalue weighted by molar-refractivity contribution is 0.00578. The van der Waals surface area contributed by atoms with Crippen molar-refractivity contribution in [1.82, 2.24) is 113 Å². The van der Waals surface area contributed by atoms with Crippen LogP contribution in [0.4, 0.5) is 38.5 Å². The fourth-order valence-corrected chi connectivity index (χ4v) is 17.7. The minimum absolute atomic E-state index is 0. The molecule has 1 saturated heterocycles. The molecule has 2 amide bonds. The maximum absolute atomic E-state index is 13.2. The van der Waals surface area contributed by atoms with Gasteiger partial charge in [0.1, 0.15) is 32.7 Å². The maximum Gasteiger partial charge on any atom is 0.494 e. The van der Waals surface area contributed by atoms with Crippen molar-refractivity contribution in [1.29, 1.82) is 0 Å². The molecule has 3 aromatic carbocycles. The SMILES string of the molecule is CC(C)(C)OC(=O)N1CCc2ccc(N)cc2C1.CC(C)(C)c1cc(B2OC(C)(C)C(C)(C)O2)ccn1.CCn1[nH]c2nc(SC)ncc2c1=O.CCn1c(=O)c2cnc(Nc3ccc4c(c3)CN(C(=O)OC(C)(C)C)CC4)nc2n1-c1ccnc(C(C)(C)C)c1.CCn1c(=O)c2cnc(Nc3ccc4c(c3)CNCC4)nc2n1-c1ccnc(C(C)(C)C)c1.CCn1c(=O)c2cnc(SC)nc2n1-c1ccnc(C(C)(C)C)c1.Cl.Cl. The van der Waals surface area contributed by atoms with Gasteiger partial charge >= 0.3 is 19.3 Å². The van der Waals surface area contributed by atoms with Crippen molar-refractivity contribution in [2.75, 3.05) is 48.5 Å². The third-order valence-corrected chi connectivity index (χ3v) is 26.9. The van der Waals surface area contributed by atoms with Crippen LogP contribution in [0.15, 0.2) is 182 Å². The largest absolute Gasteiger partial charge is 0.494 e. The van der Waals surface area contributed by atoms with Gasteiger partial charge in [-0.3, -0.25) is 48.9 Å². The van der Waals surface area contributed by atoms with E-state index in [1.165, 1.54) is 50.5 Å². The topological polar surface area (TPSA) is 413 Å². The Kier molecular flexibility index (Phi) is 36.0. The summed E-state index contributed by atoms with van der Waals surface area (Å²) in [5.41, 5.74) is 23.0. The van der Waals surface area contributed by atoms with Crippen molar-refractivity contribution >= 4 is 146 Å². The fourth-order valence-electron chi connectivity index (χ4n) is 17.0. The molecule has 0 atom stereocenters. The van der Waals surface area contributed by atoms with E-state index in [-0.39, 0.29) is 99.2 Å². The molecule has 150 heavy (non-hydrogen) atoms. The van der Waals surface area contributed by atoms with Gasteiger partial charge in [0.05, 0.1) is 28.3 Å². The van der Waals surface area contributed by atoms with Gasteiger partial charge in [0.15, 0.2) is 32.9 Å². The number of pyridine rings is 4. The van der Waals surface area contributed by atoms with Gasteiger partial charge in [-0.2, -0.15) is 9.97 Å². The molecule has 19 rings (SSSR count). The number of nitrogen functional groups attached to an aromatic ring is 1. The molecule has 12 aromatic heterocycles. The van der Waals surface area contributed by atoms with Gasteiger partial charge in [-0.25, -0.2) is 67.6 Å². The van der Waals surface area contributed by atoms with E-state index in [9.17, 15) is 28.8 Å². The normalized spacial score (nSPS) is 14.3. The van der Waals surface area contributed by atoms with E-state index in [0.717, 1.165) is 106 Å². The summed E-state index contributed by atoms with van der Waals surface area (Å²) >= 11 is 2.91. The van der Waals surface area contributed by atoms with Crippen molar-refractivity contribution in [2.24, 2.45) is 0 Å². The Labute approximate surface area is 896 Å². The first-order valence-electron chi connectivity index (χ1n) is 50.2. The highest BCUT2D eigenvalue weighted by atomic mass is 35.5. The quantitative estimate of drug-likeness (QED) is 0.0292. The van der Waals surface area contributed by atoms with E-state index in [1.54, 1.807) is 67.2 Å². The molecule has 15 aromatic rings. The minimum atomic E-state index is -0.543. The zero-order valence-corrected chi connectivity index (χ0v) is 94.7. The highest BCUT2D eigenvalue weighted by Crippen LogP contribution is 2.38. The fraction of sp³-hybridized carbons (Fsp3) is 0.450. The van der Waals surface area contributed by atoms with Gasteiger partial charge in [0.2, 0.25) is 11.9 Å². The van der Waals surface area contributed by atoms with Crippen LogP contribution in [0.25, 0.3) is 61.2 Å². The number of nitrogens with two attached hydrogens (primary N) is 1. The summed E-state index contributed by atoms with van der Waals surface area (Å²) in [7, 11) is -0.311. The first-order valence-corrected chi connectivity index (χ1v) is 52.7. The second-order valence-corrected chi connectivity index (χ2v) is 45.5. The highest BCUT2D eigenvalue weighted by molar-refractivity contribution is 7.98. The summed E-state index contributed by atoms with van der Waals surface area (Å²) in [6.07, 6.45) is 19.4. The van der Waals surface area contributed by atoms with Crippen LogP contribution in [0.5, 0.6) is 0 Å². The molecule has 0 bridgehead atoms. The summed E-state index contributed by atoms with van der Waals surface area (Å²) in [5, 5.41) is 16.3. The number of H-pyrrole nitrogens is 1. The van der Waals surface area contributed by atoms with Crippen LogP contribution in [-0.2, 0) is 106 Å². The van der Waals surface area contributed by atoms with Crippen molar-refractivity contribution < 1.29 is 28.4 Å². The number of fused-ring (bicyclic) bond motifs is 7. The number of carbonyl (C=O) groups excluding carboxylic acids is 2. The molecule has 0 spiro atoms. The molecule has 0 saturated carbocycles. The van der Waals surface area contributed by atoms with Crippen molar-refractivity contribution in [3.63, 3.8) is 0 Å². The summed E-state index contributed by atoms with van der Waals surface area (Å²) in [4.78, 5) is 132. The van der Waals surface area contributed by atoms with Crippen LogP contribution in [0.2, 0.25) is 0 Å². The van der Waals surface area contributed by atoms with Gasteiger partial charge in [0, 0.05) is 170 Å². The average Bonchev–Trinajstić information content (AvgIpc) is 1.59. The number of benzene rings is 3. The smallest absolute Gasteiger partial charge is 0.444 e. The van der Waals surface area contributed by atoms with E-state index in [0.29, 0.717) is 119 Å². The lowest BCUT2D eigenvalue weighted by Gasteiger charge is -2.32. The van der Waals surface area contributed by atoms with Crippen LogP contribution in [0, 0.1) is 0 Å². The molecular weight excluding hydrogens is 1980 g/mol. The first kappa shape index (κ1) is 116. The number of rotatable bonds is 14. The summed E-state index contributed by atoms with van der Waals surface area (Å²) in [6, 6.07) is 34.1. The summed E-state index contributed by atoms with van der Waals surface area (Å²) in [5.74, 6) is 0.831. The monoisotopic (exact) mass is 2120 g/mol. The van der Waals surface area contributed by atoms with Crippen molar-refractivity contribution in [3.8, 4) is 17.1 Å². The molecule has 0 aliphatic carbocycles. The van der Waals surface area contributed by atoms with Gasteiger partial charge < -0.3 is 50.3 Å². The lowest BCUT2D eigenvalue weighted by atomic mass is 9.77. The van der Waals surface area contributed by atoms with Gasteiger partial charge in [-0.1, -0.05) is 125 Å². The van der Waals surface area contributed by atoms with Crippen LogP contribution in [0.1, 0.15) is 236 Å². The second kappa shape index (κ2) is 46.7. The van der Waals surface area contributed by atoms with E-state index < -0.39 is 11.2 Å². The molecule has 1 fully saturated rings. The highest BCUT2D eigenvalue weighted by Gasteiger charge is 2.52. The Bertz CT molecular complexity index is 7640. The molecule has 16 heterocycles. The van der Waals surface area contributed by atoms with Gasteiger partial charge in [0.25, 0.3) is 22.2 Å². The molecule has 4 aliphatic heterocycles. The number of anilines is 5. The molecule has 0 radical (unpaired) electrons. The standard InChI is InChI=1S/C30H37N7O3.C25H29N7O.C17H21N5OS.C15H24BNO2.C14H20N2O2.C8H10N4OS.2ClH/c1-8-36-26(38)23-17-32-27(34-25(23)37(36)22-11-13-31-24(16-22)29(2,3)4)33-21-10-9-19-12-14-35(18-20(19)15-21)28(39)40-30(5,6)7;1-5-31-23(33)20-15-28-24(29-18-7-6-16-8-10-26-14-17(16)12-18)30-22(20)32(31)19-9-11-27-21(13-19)25(2,3)4;1-6-21-15(23)12-10-19-16(24-5)20-14(12)22(21)11-7-8-18-13(9-11)17(2,3)4;1-13(2,3)12-10-11(8-9-17-12)16-18-14(4,5)15(6,7)19-16;1-14(2,3)18-13(17)16-7-6-10-4-5-12(15)8-11(10)9-16;1-3-12-7(13)5-4-9-8(14-2)10-6(5)11-12;;/h9-11,13,15-17H,8,12,14,18H2,1-7H3,(H,32,33,34);6-7,9,11-13,15,26H,5,8,10,14H2,1-4H3,(H,28,29,30);7-10H,6H2,1-5H3;8-10H,1-7H3;4-5,8H,6-7,9,15H2,1-3H3;4H,3H2,1-2H3,(H,9,10,11);2*1H. The molecule has 6 N–H and O–H groups in total. The number of nitrogens with one attached hydrogen (secondary N) is 4. The number of aryl methyl sites for hydroxylation is 1. The first-order chi connectivity index (χ1) is 69.7. The number of nitrogens with zero attached hydrogens (tertiary/aromatic N) is 21. The van der Waals surface area contributed by atoms with Crippen LogP contribution < -0.4 is 49.4 Å². The Balaban J connectivity index is 0.000000165. The van der Waals surface area contributed by atoms with E-state index >= 15 is 0 Å². The maximum atomic E-state index is 13.2. The summed E-state index contributed by atoms with van der Waals surface area (Å²) in [6.45, 7) is 59.2. The molecule has 41 heteroatoms. The molecule has 4 aliphatic rings. The molecule has 798 valence electrons. The lowest BCUT2D eigenvalue weighted by Crippen LogP contribution is -2.41. The number of aromatic amines is 1. The van der Waals surface area contributed by atoms with Crippen LogP contribution >= 0.6 is 48.3 Å². The number of ether oxygens (including phenoxy) is 2. The Morgan fingerprint density at radius 1 is 0.433 bits per heavy atom. The van der Waals surface area contributed by atoms with E-state index in [1.807, 2.05) is 175 Å². The van der Waals surface area contributed by atoms with Crippen LogP contribution in [-0.4, -0.2) is 181 Å². The summed E-state index contributed by atoms with van der Waals surface area (Å²) < 4.78 is 35.2. The molecule has 0 unspecified atom stereocenters. The van der Waals surface area contributed by atoms with E-state index in [4.69, 9.17) is 34.5 Å². The number of halogens is 2. The van der Waals surface area contributed by atoms with Crippen molar-refractivity contribution in [3.05, 3.63) is 250 Å². The van der Waals surface area contributed by atoms with Crippen molar-refractivity contribution in [2.45, 2.75) is 299 Å². The number of hydrogen-bond acceptors (Lipinski definition) is 28. The Morgan fingerprint density at radius 2 is 0.807 bits per heavy atom. The number of aromatic nitrogens is 20. The van der Waals surface area contributed by atoms with Gasteiger partial charge in [-0.05, 0) is 259 Å². The zero-order valence-electron chi connectivity index (χ0n) is 91.4. The third-order valence-electron chi connectivity index (χ3n) is 25.8. The Morgan fingerprint density at radius 3 is 1.21 bits per heavy atom. The second-order valence-electron chi connectivity index (χ2n) is 44.0. The number of hydrogen-bond donors (Lipinski definition) is 5. The predicted octanol–water partition coefficient (Wildman–Crippen LogP) is 19.0. The number of thioether (sulfide) groups is 2. The zero-order chi connectivity index (χ0) is 107. The van der Waals surface area contributed by atoms with E-state index in [2.05, 4.69) is 212 Å². The molecule has 36 nitrogen and oxygen atoms in total.